The number of anilines is 1. The first-order valence-electron chi connectivity index (χ1n) is 8.97. The Balaban J connectivity index is 1.54. The van der Waals surface area contributed by atoms with Crippen molar-refractivity contribution in [3.05, 3.63) is 41.2 Å². The van der Waals surface area contributed by atoms with E-state index in [1.54, 1.807) is 12.1 Å². The number of imidazole rings is 1. The van der Waals surface area contributed by atoms with Crippen LogP contribution in [0.1, 0.15) is 11.8 Å². The lowest BCUT2D eigenvalue weighted by atomic mass is 10.1. The molecule has 5 N–H and O–H groups in total. The monoisotopic (exact) mass is 421 g/mol. The van der Waals surface area contributed by atoms with Crippen molar-refractivity contribution in [3.8, 4) is 6.01 Å². The highest BCUT2D eigenvalue weighted by molar-refractivity contribution is 6.30. The van der Waals surface area contributed by atoms with Crippen LogP contribution in [-0.2, 0) is 11.2 Å². The lowest BCUT2D eigenvalue weighted by Gasteiger charge is -2.16. The predicted molar refractivity (Wildman–Crippen MR) is 103 cm³/mol. The SMILES string of the molecule is Nc1nc(OCCc2ccc(Cl)cc2)nc2c1ncn2[C@H]1O[C@@H](CO)C(O)C1O. The Hall–Kier alpha value is -2.50. The fourth-order valence-corrected chi connectivity index (χ4v) is 3.32. The van der Waals surface area contributed by atoms with Crippen molar-refractivity contribution in [1.82, 2.24) is 19.5 Å². The second-order valence-electron chi connectivity index (χ2n) is 6.67. The molecule has 3 aromatic rings. The van der Waals surface area contributed by atoms with E-state index in [-0.39, 0.29) is 17.5 Å². The number of nitrogen functional groups attached to an aromatic ring is 1. The molecule has 1 saturated heterocycles. The van der Waals surface area contributed by atoms with Crippen LogP contribution in [0.15, 0.2) is 30.6 Å². The van der Waals surface area contributed by atoms with Gasteiger partial charge in [-0.05, 0) is 17.7 Å². The normalized spacial score (nSPS) is 24.3. The van der Waals surface area contributed by atoms with Crippen LogP contribution in [0.4, 0.5) is 5.82 Å². The molecule has 0 radical (unpaired) electrons. The average Bonchev–Trinajstić information content (AvgIpc) is 3.25. The van der Waals surface area contributed by atoms with Crippen LogP contribution in [0, 0.1) is 0 Å². The van der Waals surface area contributed by atoms with Crippen LogP contribution in [0.2, 0.25) is 5.02 Å². The third-order valence-corrected chi connectivity index (χ3v) is 5.01. The first-order valence-corrected chi connectivity index (χ1v) is 9.35. The van der Waals surface area contributed by atoms with Crippen LogP contribution < -0.4 is 10.5 Å². The highest BCUT2D eigenvalue weighted by Gasteiger charge is 2.44. The average molecular weight is 422 g/mol. The third-order valence-electron chi connectivity index (χ3n) is 4.75. The van der Waals surface area contributed by atoms with E-state index in [2.05, 4.69) is 15.0 Å². The van der Waals surface area contributed by atoms with Gasteiger partial charge in [-0.15, -0.1) is 0 Å². The summed E-state index contributed by atoms with van der Waals surface area (Å²) in [6.45, 7) is -0.119. The molecule has 11 heteroatoms. The number of nitrogens with zero attached hydrogens (tertiary/aromatic N) is 4. The maximum absolute atomic E-state index is 10.3. The lowest BCUT2D eigenvalue weighted by molar-refractivity contribution is -0.0511. The summed E-state index contributed by atoms with van der Waals surface area (Å²) in [7, 11) is 0. The first kappa shape index (κ1) is 19.8. The van der Waals surface area contributed by atoms with Crippen molar-refractivity contribution in [2.75, 3.05) is 18.9 Å². The number of nitrogens with two attached hydrogens (primary N) is 1. The van der Waals surface area contributed by atoms with Gasteiger partial charge in [0.05, 0.1) is 19.5 Å². The second-order valence-corrected chi connectivity index (χ2v) is 7.11. The Bertz CT molecular complexity index is 998. The van der Waals surface area contributed by atoms with Crippen molar-refractivity contribution >= 4 is 28.6 Å². The van der Waals surface area contributed by atoms with Crippen LogP contribution in [-0.4, -0.2) is 66.4 Å². The Labute approximate surface area is 170 Å². The van der Waals surface area contributed by atoms with E-state index >= 15 is 0 Å². The lowest BCUT2D eigenvalue weighted by Crippen LogP contribution is -2.33. The summed E-state index contributed by atoms with van der Waals surface area (Å²) in [5.41, 5.74) is 7.61. The van der Waals surface area contributed by atoms with Crippen LogP contribution >= 0.6 is 11.6 Å². The summed E-state index contributed by atoms with van der Waals surface area (Å²) in [6, 6.07) is 7.47. The van der Waals surface area contributed by atoms with Gasteiger partial charge in [-0.2, -0.15) is 9.97 Å². The van der Waals surface area contributed by atoms with E-state index in [1.807, 2.05) is 12.1 Å². The fraction of sp³-hybridized carbons (Fsp3) is 0.389. The van der Waals surface area contributed by atoms with Gasteiger partial charge in [0.2, 0.25) is 0 Å². The van der Waals surface area contributed by atoms with Gasteiger partial charge in [0.1, 0.15) is 18.3 Å². The van der Waals surface area contributed by atoms with Crippen LogP contribution in [0.25, 0.3) is 11.2 Å². The molecule has 4 rings (SSSR count). The zero-order chi connectivity index (χ0) is 20.5. The molecule has 0 amide bonds. The molecule has 1 aromatic carbocycles. The number of fused-ring (bicyclic) bond motifs is 1. The smallest absolute Gasteiger partial charge is 0.320 e. The molecule has 1 fully saturated rings. The van der Waals surface area contributed by atoms with E-state index < -0.39 is 31.1 Å². The van der Waals surface area contributed by atoms with Crippen molar-refractivity contribution < 1.29 is 24.8 Å². The predicted octanol–water partition coefficient (Wildman–Crippen LogP) is 0.295. The summed E-state index contributed by atoms with van der Waals surface area (Å²) in [6.07, 6.45) is -2.41. The molecule has 0 aliphatic carbocycles. The van der Waals surface area contributed by atoms with Crippen molar-refractivity contribution in [2.45, 2.75) is 31.0 Å². The molecule has 0 spiro atoms. The Morgan fingerprint density at radius 1 is 1.17 bits per heavy atom. The summed E-state index contributed by atoms with van der Waals surface area (Å²) in [5, 5.41) is 30.2. The highest BCUT2D eigenvalue weighted by Crippen LogP contribution is 2.32. The van der Waals surface area contributed by atoms with E-state index in [4.69, 9.17) is 26.8 Å². The van der Waals surface area contributed by atoms with Gasteiger partial charge in [0.25, 0.3) is 0 Å². The topological polar surface area (TPSA) is 149 Å². The second kappa shape index (κ2) is 8.09. The molecule has 29 heavy (non-hydrogen) atoms. The minimum absolute atomic E-state index is 0.0532. The molecule has 154 valence electrons. The number of ether oxygens (including phenoxy) is 2. The maximum atomic E-state index is 10.3. The number of rotatable bonds is 6. The van der Waals surface area contributed by atoms with E-state index in [0.717, 1.165) is 5.56 Å². The third kappa shape index (κ3) is 3.85. The Morgan fingerprint density at radius 3 is 2.62 bits per heavy atom. The molecule has 3 heterocycles. The largest absolute Gasteiger partial charge is 0.463 e. The van der Waals surface area contributed by atoms with Crippen LogP contribution in [0.5, 0.6) is 6.01 Å². The molecule has 1 aliphatic rings. The summed E-state index contributed by atoms with van der Waals surface area (Å²) >= 11 is 5.88. The number of aliphatic hydroxyl groups is 3. The summed E-state index contributed by atoms with van der Waals surface area (Å²) in [4.78, 5) is 12.6. The van der Waals surface area contributed by atoms with E-state index in [9.17, 15) is 15.3 Å². The van der Waals surface area contributed by atoms with Gasteiger partial charge in [-0.25, -0.2) is 4.98 Å². The number of aliphatic hydroxyl groups excluding tert-OH is 3. The Morgan fingerprint density at radius 2 is 1.93 bits per heavy atom. The molecular formula is C18H20ClN5O5. The summed E-state index contributed by atoms with van der Waals surface area (Å²) in [5.74, 6) is 0.113. The molecule has 4 atom stereocenters. The highest BCUT2D eigenvalue weighted by atomic mass is 35.5. The maximum Gasteiger partial charge on any atom is 0.320 e. The molecule has 2 aromatic heterocycles. The molecule has 2 unspecified atom stereocenters. The van der Waals surface area contributed by atoms with Gasteiger partial charge in [-0.1, -0.05) is 23.7 Å². The van der Waals surface area contributed by atoms with Gasteiger partial charge in [0.15, 0.2) is 23.2 Å². The first-order chi connectivity index (χ1) is 14.0. The summed E-state index contributed by atoms with van der Waals surface area (Å²) < 4.78 is 12.6. The number of hydrogen-bond acceptors (Lipinski definition) is 9. The fourth-order valence-electron chi connectivity index (χ4n) is 3.19. The van der Waals surface area contributed by atoms with E-state index in [1.165, 1.54) is 10.9 Å². The van der Waals surface area contributed by atoms with Gasteiger partial charge in [-0.3, -0.25) is 4.57 Å². The molecule has 1 aliphatic heterocycles. The standard InChI is InChI=1S/C18H20ClN5O5/c19-10-3-1-9(2-4-10)5-6-28-18-22-15(20)12-16(23-18)24(8-21-12)17-14(27)13(26)11(7-25)29-17/h1-4,8,11,13-14,17,25-27H,5-7H2,(H2,20,22,23)/t11-,13?,14?,17-/m0/s1. The quantitative estimate of drug-likeness (QED) is 0.440. The number of halogens is 1. The zero-order valence-electron chi connectivity index (χ0n) is 15.2. The number of benzene rings is 1. The molecular weight excluding hydrogens is 402 g/mol. The molecule has 0 saturated carbocycles. The number of hydrogen-bond donors (Lipinski definition) is 4. The minimum Gasteiger partial charge on any atom is -0.463 e. The zero-order valence-corrected chi connectivity index (χ0v) is 16.0. The van der Waals surface area contributed by atoms with Gasteiger partial charge >= 0.3 is 6.01 Å². The van der Waals surface area contributed by atoms with Gasteiger partial charge < -0.3 is 30.5 Å². The van der Waals surface area contributed by atoms with Crippen molar-refractivity contribution in [2.24, 2.45) is 0 Å². The van der Waals surface area contributed by atoms with Gasteiger partial charge in [0, 0.05) is 11.4 Å². The Kier molecular flexibility index (Phi) is 5.52. The van der Waals surface area contributed by atoms with Crippen molar-refractivity contribution in [3.63, 3.8) is 0 Å². The number of aromatic nitrogens is 4. The molecule has 10 nitrogen and oxygen atoms in total. The van der Waals surface area contributed by atoms with E-state index in [0.29, 0.717) is 23.6 Å². The van der Waals surface area contributed by atoms with Crippen molar-refractivity contribution in [1.29, 1.82) is 0 Å². The minimum atomic E-state index is -1.27. The van der Waals surface area contributed by atoms with Crippen LogP contribution in [0.3, 0.4) is 0 Å². The molecule has 0 bridgehead atoms.